The van der Waals surface area contributed by atoms with Crippen LogP contribution in [0.2, 0.25) is 0 Å². The molecule has 0 atom stereocenters. The summed E-state index contributed by atoms with van der Waals surface area (Å²) < 4.78 is 25.4. The standard InChI is InChI=1S/C13H20BFN2O2/c1-12(2)13(3,4)19-14(18-12)6-5-11-9-16-17(10-11)8-7-15/h5-6,9-10H,7-8H2,1-4H3/b6-5+. The van der Waals surface area contributed by atoms with Crippen molar-refractivity contribution in [2.24, 2.45) is 0 Å². The van der Waals surface area contributed by atoms with Crippen molar-refractivity contribution in [3.8, 4) is 0 Å². The van der Waals surface area contributed by atoms with Crippen LogP contribution in [0.25, 0.3) is 6.08 Å². The van der Waals surface area contributed by atoms with Gasteiger partial charge in [0.15, 0.2) is 0 Å². The third-order valence-corrected chi connectivity index (χ3v) is 3.68. The van der Waals surface area contributed by atoms with Gasteiger partial charge in [0.1, 0.15) is 6.67 Å². The zero-order valence-corrected chi connectivity index (χ0v) is 11.9. The molecule has 0 N–H and O–H groups in total. The average Bonchev–Trinajstić information content (AvgIpc) is 2.80. The van der Waals surface area contributed by atoms with E-state index in [9.17, 15) is 4.39 Å². The number of rotatable bonds is 4. The summed E-state index contributed by atoms with van der Waals surface area (Å²) in [6.07, 6.45) is 5.36. The summed E-state index contributed by atoms with van der Waals surface area (Å²) in [5.41, 5.74) is 0.240. The Labute approximate surface area is 113 Å². The van der Waals surface area contributed by atoms with E-state index in [0.29, 0.717) is 0 Å². The Balaban J connectivity index is 2.00. The Morgan fingerprint density at radius 1 is 1.32 bits per heavy atom. The Hall–Kier alpha value is -1.14. The van der Waals surface area contributed by atoms with Crippen molar-refractivity contribution in [3.63, 3.8) is 0 Å². The molecular weight excluding hydrogens is 246 g/mol. The van der Waals surface area contributed by atoms with Crippen molar-refractivity contribution in [3.05, 3.63) is 23.9 Å². The predicted octanol–water partition coefficient (Wildman–Crippen LogP) is 2.50. The van der Waals surface area contributed by atoms with Crippen LogP contribution in [0.5, 0.6) is 0 Å². The van der Waals surface area contributed by atoms with Crippen molar-refractivity contribution >= 4 is 13.2 Å². The van der Waals surface area contributed by atoms with E-state index in [0.717, 1.165) is 5.56 Å². The predicted molar refractivity (Wildman–Crippen MR) is 73.3 cm³/mol. The summed E-state index contributed by atoms with van der Waals surface area (Å²) in [4.78, 5) is 0. The van der Waals surface area contributed by atoms with Gasteiger partial charge in [0.2, 0.25) is 0 Å². The molecule has 2 rings (SSSR count). The normalized spacial score (nSPS) is 21.4. The van der Waals surface area contributed by atoms with Gasteiger partial charge in [-0.05, 0) is 27.7 Å². The lowest BCUT2D eigenvalue weighted by Gasteiger charge is -2.32. The van der Waals surface area contributed by atoms with Gasteiger partial charge in [0, 0.05) is 11.8 Å². The monoisotopic (exact) mass is 266 g/mol. The number of hydrogen-bond acceptors (Lipinski definition) is 3. The minimum absolute atomic E-state index is 0.282. The van der Waals surface area contributed by atoms with Crippen LogP contribution < -0.4 is 0 Å². The van der Waals surface area contributed by atoms with Crippen molar-refractivity contribution in [1.82, 2.24) is 9.78 Å². The molecule has 1 saturated heterocycles. The highest BCUT2D eigenvalue weighted by Crippen LogP contribution is 2.36. The van der Waals surface area contributed by atoms with E-state index >= 15 is 0 Å². The Bertz CT molecular complexity index is 455. The molecule has 104 valence electrons. The second-order valence-corrected chi connectivity index (χ2v) is 5.71. The number of halogens is 1. The highest BCUT2D eigenvalue weighted by atomic mass is 19.1. The van der Waals surface area contributed by atoms with Gasteiger partial charge in [0.05, 0.1) is 23.9 Å². The zero-order chi connectivity index (χ0) is 14.1. The second kappa shape index (κ2) is 5.09. The van der Waals surface area contributed by atoms with Crippen LogP contribution >= 0.6 is 0 Å². The van der Waals surface area contributed by atoms with Gasteiger partial charge in [0.25, 0.3) is 0 Å². The summed E-state index contributed by atoms with van der Waals surface area (Å²) >= 11 is 0. The first-order valence-corrected chi connectivity index (χ1v) is 6.46. The molecule has 1 aromatic rings. The highest BCUT2D eigenvalue weighted by molar-refractivity contribution is 6.52. The van der Waals surface area contributed by atoms with Gasteiger partial charge in [-0.15, -0.1) is 0 Å². The molecule has 0 saturated carbocycles. The minimum atomic E-state index is -0.415. The molecule has 0 spiro atoms. The smallest absolute Gasteiger partial charge is 0.400 e. The van der Waals surface area contributed by atoms with E-state index in [4.69, 9.17) is 9.31 Å². The maximum Gasteiger partial charge on any atom is 0.487 e. The van der Waals surface area contributed by atoms with E-state index in [2.05, 4.69) is 5.10 Å². The van der Waals surface area contributed by atoms with E-state index in [1.54, 1.807) is 17.1 Å². The summed E-state index contributed by atoms with van der Waals surface area (Å²) in [5, 5.41) is 4.05. The molecule has 19 heavy (non-hydrogen) atoms. The van der Waals surface area contributed by atoms with Crippen LogP contribution in [-0.4, -0.2) is 34.8 Å². The van der Waals surface area contributed by atoms with Crippen LogP contribution in [-0.2, 0) is 15.9 Å². The maximum atomic E-state index is 12.2. The molecule has 1 fully saturated rings. The molecule has 0 unspecified atom stereocenters. The number of nitrogens with zero attached hydrogens (tertiary/aromatic N) is 2. The lowest BCUT2D eigenvalue weighted by Crippen LogP contribution is -2.41. The largest absolute Gasteiger partial charge is 0.487 e. The van der Waals surface area contributed by atoms with Crippen LogP contribution in [0.1, 0.15) is 33.3 Å². The molecule has 1 aromatic heterocycles. The number of alkyl halides is 1. The van der Waals surface area contributed by atoms with Crippen molar-refractivity contribution < 1.29 is 13.7 Å². The third-order valence-electron chi connectivity index (χ3n) is 3.68. The molecule has 0 aromatic carbocycles. The van der Waals surface area contributed by atoms with Crippen LogP contribution in [0.3, 0.4) is 0 Å². The summed E-state index contributed by atoms with van der Waals surface area (Å²) in [7, 11) is -0.366. The van der Waals surface area contributed by atoms with Crippen LogP contribution in [0, 0.1) is 0 Å². The van der Waals surface area contributed by atoms with Gasteiger partial charge in [-0.25, -0.2) is 4.39 Å². The SMILES string of the molecule is CC1(C)OB(/C=C/c2cnn(CCF)c2)OC1(C)C. The lowest BCUT2D eigenvalue weighted by molar-refractivity contribution is 0.00578. The molecule has 4 nitrogen and oxygen atoms in total. The summed E-state index contributed by atoms with van der Waals surface area (Å²) in [6, 6.07) is 0. The highest BCUT2D eigenvalue weighted by Gasteiger charge is 2.49. The minimum Gasteiger partial charge on any atom is -0.400 e. The van der Waals surface area contributed by atoms with E-state index in [1.165, 1.54) is 0 Å². The second-order valence-electron chi connectivity index (χ2n) is 5.71. The van der Waals surface area contributed by atoms with Gasteiger partial charge >= 0.3 is 7.12 Å². The lowest BCUT2D eigenvalue weighted by atomic mass is 9.89. The first-order valence-electron chi connectivity index (χ1n) is 6.46. The molecule has 1 aliphatic rings. The number of hydrogen-bond donors (Lipinski definition) is 0. The maximum absolute atomic E-state index is 12.2. The zero-order valence-electron chi connectivity index (χ0n) is 11.9. The summed E-state index contributed by atoms with van der Waals surface area (Å²) in [5.74, 6) is 1.85. The molecular formula is C13H20BFN2O2. The van der Waals surface area contributed by atoms with E-state index in [-0.39, 0.29) is 24.9 Å². The van der Waals surface area contributed by atoms with Crippen molar-refractivity contribution in [2.45, 2.75) is 45.4 Å². The fraction of sp³-hybridized carbons (Fsp3) is 0.615. The number of aryl methyl sites for hydroxylation is 1. The van der Waals surface area contributed by atoms with Gasteiger partial charge in [-0.2, -0.15) is 5.10 Å². The Kier molecular flexibility index (Phi) is 3.83. The van der Waals surface area contributed by atoms with E-state index < -0.39 is 6.67 Å². The topological polar surface area (TPSA) is 36.3 Å². The Morgan fingerprint density at radius 3 is 2.53 bits per heavy atom. The summed E-state index contributed by atoms with van der Waals surface area (Å²) in [6.45, 7) is 7.92. The molecule has 0 aliphatic carbocycles. The van der Waals surface area contributed by atoms with Crippen molar-refractivity contribution in [2.75, 3.05) is 6.67 Å². The average molecular weight is 266 g/mol. The third kappa shape index (κ3) is 3.07. The van der Waals surface area contributed by atoms with Crippen molar-refractivity contribution in [1.29, 1.82) is 0 Å². The quantitative estimate of drug-likeness (QED) is 0.785. The van der Waals surface area contributed by atoms with Gasteiger partial charge in [-0.3, -0.25) is 4.68 Å². The Morgan fingerprint density at radius 2 is 1.95 bits per heavy atom. The molecule has 0 bridgehead atoms. The van der Waals surface area contributed by atoms with Crippen LogP contribution in [0.15, 0.2) is 18.4 Å². The van der Waals surface area contributed by atoms with Crippen LogP contribution in [0.4, 0.5) is 4.39 Å². The first-order chi connectivity index (χ1) is 8.84. The molecule has 6 heteroatoms. The molecule has 0 radical (unpaired) electrons. The number of aromatic nitrogens is 2. The fourth-order valence-electron chi connectivity index (χ4n) is 1.83. The van der Waals surface area contributed by atoms with Gasteiger partial charge in [-0.1, -0.05) is 12.1 Å². The molecule has 1 aliphatic heterocycles. The fourth-order valence-corrected chi connectivity index (χ4v) is 1.83. The van der Waals surface area contributed by atoms with Gasteiger partial charge < -0.3 is 9.31 Å². The molecule has 0 amide bonds. The van der Waals surface area contributed by atoms with E-state index in [1.807, 2.05) is 39.7 Å². The molecule has 2 heterocycles. The first kappa shape index (κ1) is 14.3.